The van der Waals surface area contributed by atoms with E-state index in [1.807, 2.05) is 0 Å². The molecule has 0 saturated carbocycles. The lowest BCUT2D eigenvalue weighted by atomic mass is 10.2. The van der Waals surface area contributed by atoms with E-state index in [0.717, 1.165) is 12.1 Å². The first kappa shape index (κ1) is 13.6. The van der Waals surface area contributed by atoms with Crippen LogP contribution in [0.25, 0.3) is 0 Å². The fourth-order valence-electron chi connectivity index (χ4n) is 1.09. The number of nitrogens with zero attached hydrogens (tertiary/aromatic N) is 1. The Morgan fingerprint density at radius 3 is 2.72 bits per heavy atom. The Morgan fingerprint density at radius 2 is 2.17 bits per heavy atom. The molecule has 1 aromatic carbocycles. The van der Waals surface area contributed by atoms with Gasteiger partial charge in [-0.2, -0.15) is 0 Å². The molecule has 0 aromatic heterocycles. The van der Waals surface area contributed by atoms with Crippen LogP contribution in [0, 0.1) is 10.1 Å². The van der Waals surface area contributed by atoms with E-state index in [-0.39, 0.29) is 11.3 Å². The molecule has 1 aromatic rings. The smallest absolute Gasteiger partial charge is 0.311 e. The summed E-state index contributed by atoms with van der Waals surface area (Å²) in [6.45, 7) is 0. The third-order valence-corrected chi connectivity index (χ3v) is 2.27. The lowest BCUT2D eigenvalue weighted by molar-refractivity contribution is -0.500. The number of rotatable bonds is 3. The molecule has 0 fully saturated rings. The summed E-state index contributed by atoms with van der Waals surface area (Å²) in [4.78, 5) is 9.84. The van der Waals surface area contributed by atoms with Crippen LogP contribution in [-0.4, -0.2) is 33.5 Å². The zero-order valence-electron chi connectivity index (χ0n) is 9.30. The average Bonchev–Trinajstić information content (AvgIpc) is 2.31. The standard InChI is InChI=1S/C9H10N4O4S/c1-10-9(18)12-11-4-5-2-6(13(16)17)8(15)3-7(5)14/h2-4,14-15H,1H3,(H2,10,12,18)/p+1/b11-4+. The van der Waals surface area contributed by atoms with E-state index in [1.165, 1.54) is 6.21 Å². The van der Waals surface area contributed by atoms with Crippen molar-refractivity contribution < 1.29 is 20.2 Å². The number of nitro groups is 1. The Morgan fingerprint density at radius 1 is 1.50 bits per heavy atom. The maximum atomic E-state index is 10.6. The van der Waals surface area contributed by atoms with Gasteiger partial charge in [0.15, 0.2) is 5.75 Å². The number of hydrazine groups is 1. The molecule has 0 saturated heterocycles. The van der Waals surface area contributed by atoms with Gasteiger partial charge in [0.1, 0.15) is 5.75 Å². The molecule has 0 aliphatic heterocycles. The summed E-state index contributed by atoms with van der Waals surface area (Å²) in [5.41, 5.74) is 2.17. The summed E-state index contributed by atoms with van der Waals surface area (Å²) in [7, 11) is 1.61. The van der Waals surface area contributed by atoms with Crippen molar-refractivity contribution in [3.8, 4) is 11.5 Å². The Hall–Kier alpha value is -2.42. The summed E-state index contributed by atoms with van der Waals surface area (Å²) in [6, 6.07) is 1.92. The van der Waals surface area contributed by atoms with Crippen LogP contribution in [0.3, 0.4) is 0 Å². The summed E-state index contributed by atoms with van der Waals surface area (Å²) < 4.78 is 0. The molecule has 0 aliphatic rings. The zero-order valence-corrected chi connectivity index (χ0v) is 10.1. The van der Waals surface area contributed by atoms with Crippen molar-refractivity contribution in [3.05, 3.63) is 27.8 Å². The molecular weight excluding hydrogens is 260 g/mol. The van der Waals surface area contributed by atoms with Gasteiger partial charge in [0, 0.05) is 19.2 Å². The fraction of sp³-hybridized carbons (Fsp3) is 0.111. The highest BCUT2D eigenvalue weighted by Gasteiger charge is 2.17. The van der Waals surface area contributed by atoms with Crippen LogP contribution in [0.2, 0.25) is 0 Å². The molecule has 0 atom stereocenters. The predicted molar refractivity (Wildman–Crippen MR) is 67.3 cm³/mol. The Labute approximate surface area is 107 Å². The Bertz CT molecular complexity index is 518. The van der Waals surface area contributed by atoms with E-state index in [0.29, 0.717) is 5.11 Å². The van der Waals surface area contributed by atoms with Crippen LogP contribution in [0.4, 0.5) is 5.69 Å². The number of phenolic OH excluding ortho intramolecular Hbond substituents is 2. The molecule has 0 bridgehead atoms. The molecule has 0 heterocycles. The van der Waals surface area contributed by atoms with Crippen LogP contribution >= 0.6 is 12.2 Å². The van der Waals surface area contributed by atoms with Gasteiger partial charge in [-0.3, -0.25) is 10.1 Å². The summed E-state index contributed by atoms with van der Waals surface area (Å²) in [5.74, 6) is -0.906. The summed E-state index contributed by atoms with van der Waals surface area (Å²) >= 11 is 4.78. The minimum absolute atomic E-state index is 0.130. The van der Waals surface area contributed by atoms with Crippen molar-refractivity contribution in [2.45, 2.75) is 0 Å². The summed E-state index contributed by atoms with van der Waals surface area (Å²) in [6.07, 6.45) is 1.27. The van der Waals surface area contributed by atoms with Gasteiger partial charge >= 0.3 is 5.69 Å². The number of hydrogen-bond donors (Lipinski definition) is 5. The van der Waals surface area contributed by atoms with E-state index in [9.17, 15) is 20.3 Å². The van der Waals surface area contributed by atoms with Gasteiger partial charge in [0.2, 0.25) is 11.3 Å². The van der Waals surface area contributed by atoms with Crippen LogP contribution in [-0.2, 0) is 0 Å². The number of nitro benzene ring substituents is 1. The number of phenols is 2. The molecule has 5 N–H and O–H groups in total. The quantitative estimate of drug-likeness (QED) is 0.196. The van der Waals surface area contributed by atoms with Gasteiger partial charge in [0.25, 0.3) is 0 Å². The molecule has 0 amide bonds. The molecule has 96 valence electrons. The Balaban J connectivity index is 2.99. The maximum absolute atomic E-state index is 10.6. The van der Waals surface area contributed by atoms with Crippen molar-refractivity contribution in [2.75, 3.05) is 7.05 Å². The molecule has 9 heteroatoms. The van der Waals surface area contributed by atoms with Crippen LogP contribution in [0.15, 0.2) is 12.1 Å². The number of thiocarbonyl (C=S) groups is 1. The number of hydrogen-bond acceptors (Lipinski definition) is 5. The van der Waals surface area contributed by atoms with Crippen LogP contribution < -0.4 is 15.8 Å². The van der Waals surface area contributed by atoms with E-state index < -0.39 is 16.4 Å². The minimum atomic E-state index is -0.752. The maximum Gasteiger partial charge on any atom is 0.311 e. The molecule has 1 rings (SSSR count). The molecular formula is C9H11N4O4S+. The second-order valence-corrected chi connectivity index (χ2v) is 3.56. The van der Waals surface area contributed by atoms with Gasteiger partial charge in [-0.25, -0.2) is 0 Å². The number of benzene rings is 1. The number of hydrazone groups is 1. The topological polar surface area (TPSA) is 122 Å². The largest absolute Gasteiger partial charge is 0.507 e. The molecule has 0 unspecified atom stereocenters. The first-order chi connectivity index (χ1) is 8.45. The highest BCUT2D eigenvalue weighted by atomic mass is 32.1. The van der Waals surface area contributed by atoms with E-state index in [2.05, 4.69) is 15.8 Å². The van der Waals surface area contributed by atoms with Crippen molar-refractivity contribution >= 4 is 29.2 Å². The third kappa shape index (κ3) is 3.28. The first-order valence-electron chi connectivity index (χ1n) is 4.72. The average molecular weight is 271 g/mol. The lowest BCUT2D eigenvalue weighted by Crippen LogP contribution is -2.82. The first-order valence-corrected chi connectivity index (χ1v) is 5.13. The van der Waals surface area contributed by atoms with E-state index >= 15 is 0 Å². The van der Waals surface area contributed by atoms with E-state index in [4.69, 9.17) is 12.2 Å². The highest BCUT2D eigenvalue weighted by molar-refractivity contribution is 7.80. The fourth-order valence-corrected chi connectivity index (χ4v) is 1.14. The zero-order chi connectivity index (χ0) is 13.7. The number of aromatic hydroxyl groups is 2. The second kappa shape index (κ2) is 5.77. The molecule has 0 aliphatic carbocycles. The Kier molecular flexibility index (Phi) is 4.38. The van der Waals surface area contributed by atoms with Crippen LogP contribution in [0.1, 0.15) is 5.56 Å². The molecule has 8 nitrogen and oxygen atoms in total. The van der Waals surface area contributed by atoms with Gasteiger partial charge in [-0.15, -0.1) is 10.5 Å². The molecule has 0 radical (unpaired) electrons. The van der Waals surface area contributed by atoms with Crippen molar-refractivity contribution in [1.82, 2.24) is 10.7 Å². The van der Waals surface area contributed by atoms with Gasteiger partial charge in [-0.1, -0.05) is 0 Å². The van der Waals surface area contributed by atoms with E-state index in [1.54, 1.807) is 7.05 Å². The third-order valence-electron chi connectivity index (χ3n) is 1.96. The van der Waals surface area contributed by atoms with Gasteiger partial charge < -0.3 is 15.5 Å². The molecule has 0 spiro atoms. The number of nitrogens with one attached hydrogen (secondary N) is 3. The highest BCUT2D eigenvalue weighted by Crippen LogP contribution is 2.31. The van der Waals surface area contributed by atoms with Crippen molar-refractivity contribution in [3.63, 3.8) is 0 Å². The van der Waals surface area contributed by atoms with Crippen LogP contribution in [0.5, 0.6) is 11.5 Å². The monoisotopic (exact) mass is 271 g/mol. The predicted octanol–water partition coefficient (Wildman–Crippen LogP) is -1.49. The SMILES string of the molecule is CNC(=S)N/[NH+]=C/c1cc([N+](=O)[O-])c(O)cc1O. The normalized spacial score (nSPS) is 10.3. The van der Waals surface area contributed by atoms with Crippen molar-refractivity contribution in [1.29, 1.82) is 0 Å². The second-order valence-electron chi connectivity index (χ2n) is 3.15. The van der Waals surface area contributed by atoms with Gasteiger partial charge in [0.05, 0.1) is 10.5 Å². The minimum Gasteiger partial charge on any atom is -0.507 e. The van der Waals surface area contributed by atoms with Crippen molar-refractivity contribution in [2.24, 2.45) is 0 Å². The summed E-state index contributed by atoms with van der Waals surface area (Å²) in [5, 5.41) is 34.8. The molecule has 18 heavy (non-hydrogen) atoms. The van der Waals surface area contributed by atoms with Gasteiger partial charge in [-0.05, 0) is 12.2 Å². The lowest BCUT2D eigenvalue weighted by Gasteiger charge is -1.99.